The Kier molecular flexibility index (Phi) is 15.4. The van der Waals surface area contributed by atoms with Crippen LogP contribution in [-0.2, 0) is 9.59 Å². The van der Waals surface area contributed by atoms with Crippen LogP contribution in [0.4, 0.5) is 0 Å². The predicted octanol–water partition coefficient (Wildman–Crippen LogP) is 4.73. The van der Waals surface area contributed by atoms with Crippen molar-refractivity contribution in [3.8, 4) is 0 Å². The fraction of sp³-hybridized carbons (Fsp3) is 0.889. The van der Waals surface area contributed by atoms with Gasteiger partial charge in [0.15, 0.2) is 0 Å². The van der Waals surface area contributed by atoms with Gasteiger partial charge in [0.2, 0.25) is 11.8 Å². The van der Waals surface area contributed by atoms with Gasteiger partial charge in [-0.25, -0.2) is 0 Å². The SMILES string of the molecule is CCCCCCCC(=O)N(CCN(N=O)C(=O)CCCCCCC)N=O. The maximum absolute atomic E-state index is 12.0. The molecular weight excluding hydrogens is 336 g/mol. The van der Waals surface area contributed by atoms with Gasteiger partial charge in [0.05, 0.1) is 23.7 Å². The Labute approximate surface area is 156 Å². The van der Waals surface area contributed by atoms with Crippen molar-refractivity contribution < 1.29 is 9.59 Å². The molecule has 0 aliphatic rings. The molecule has 0 aromatic carbocycles. The van der Waals surface area contributed by atoms with Crippen molar-refractivity contribution >= 4 is 11.8 Å². The molecule has 8 heteroatoms. The molecule has 0 atom stereocenters. The van der Waals surface area contributed by atoms with Crippen LogP contribution in [-0.4, -0.2) is 34.9 Å². The number of carbonyl (C=O) groups is 2. The first kappa shape index (κ1) is 24.1. The van der Waals surface area contributed by atoms with Crippen LogP contribution in [0, 0.1) is 9.81 Å². The van der Waals surface area contributed by atoms with E-state index in [0.29, 0.717) is 12.8 Å². The van der Waals surface area contributed by atoms with Gasteiger partial charge in [-0.3, -0.25) is 9.59 Å². The normalized spacial score (nSPS) is 10.4. The summed E-state index contributed by atoms with van der Waals surface area (Å²) >= 11 is 0. The second-order valence-electron chi connectivity index (χ2n) is 6.53. The van der Waals surface area contributed by atoms with Gasteiger partial charge in [0.1, 0.15) is 0 Å². The van der Waals surface area contributed by atoms with Crippen LogP contribution in [0.25, 0.3) is 0 Å². The molecule has 0 unspecified atom stereocenters. The highest BCUT2D eigenvalue weighted by molar-refractivity contribution is 5.77. The first-order chi connectivity index (χ1) is 12.6. The Morgan fingerprint density at radius 2 is 0.962 bits per heavy atom. The Morgan fingerprint density at radius 1 is 0.615 bits per heavy atom. The molecule has 0 radical (unpaired) electrons. The van der Waals surface area contributed by atoms with Crippen molar-refractivity contribution in [2.24, 2.45) is 10.6 Å². The highest BCUT2D eigenvalue weighted by Crippen LogP contribution is 2.09. The van der Waals surface area contributed by atoms with Gasteiger partial charge in [0, 0.05) is 12.8 Å². The third-order valence-electron chi connectivity index (χ3n) is 4.28. The summed E-state index contributed by atoms with van der Waals surface area (Å²) in [6.07, 6.45) is 10.4. The molecule has 0 aliphatic carbocycles. The minimum Gasteiger partial charge on any atom is -0.273 e. The topological polar surface area (TPSA) is 99.5 Å². The van der Waals surface area contributed by atoms with E-state index in [0.717, 1.165) is 61.4 Å². The van der Waals surface area contributed by atoms with Crippen LogP contribution in [0.15, 0.2) is 10.6 Å². The Balaban J connectivity index is 4.15. The quantitative estimate of drug-likeness (QED) is 0.210. The van der Waals surface area contributed by atoms with Crippen LogP contribution in [0.3, 0.4) is 0 Å². The van der Waals surface area contributed by atoms with Crippen LogP contribution < -0.4 is 0 Å². The Bertz CT molecular complexity index is 380. The average molecular weight is 370 g/mol. The van der Waals surface area contributed by atoms with Crippen LogP contribution in [0.2, 0.25) is 0 Å². The molecule has 0 rings (SSSR count). The van der Waals surface area contributed by atoms with E-state index in [4.69, 9.17) is 0 Å². The number of hydrogen-bond donors (Lipinski definition) is 0. The zero-order valence-electron chi connectivity index (χ0n) is 16.3. The summed E-state index contributed by atoms with van der Waals surface area (Å²) in [6, 6.07) is 0. The van der Waals surface area contributed by atoms with Crippen molar-refractivity contribution in [2.75, 3.05) is 13.1 Å². The molecule has 0 N–H and O–H groups in total. The summed E-state index contributed by atoms with van der Waals surface area (Å²) in [5, 5.41) is 7.00. The van der Waals surface area contributed by atoms with Crippen molar-refractivity contribution in [1.29, 1.82) is 0 Å². The van der Waals surface area contributed by atoms with E-state index in [1.54, 1.807) is 0 Å². The third kappa shape index (κ3) is 11.7. The molecule has 0 aliphatic heterocycles. The molecule has 0 aromatic rings. The minimum atomic E-state index is -0.380. The van der Waals surface area contributed by atoms with Crippen molar-refractivity contribution in [1.82, 2.24) is 10.0 Å². The largest absolute Gasteiger partial charge is 0.273 e. The van der Waals surface area contributed by atoms with Gasteiger partial charge in [-0.05, 0) is 12.8 Å². The lowest BCUT2D eigenvalue weighted by Crippen LogP contribution is -2.35. The fourth-order valence-corrected chi connectivity index (χ4v) is 2.63. The van der Waals surface area contributed by atoms with Crippen LogP contribution in [0.1, 0.15) is 90.9 Å². The second-order valence-corrected chi connectivity index (χ2v) is 6.53. The Hall–Kier alpha value is -1.86. The maximum Gasteiger partial charge on any atom is 0.245 e. The van der Waals surface area contributed by atoms with Gasteiger partial charge in [-0.1, -0.05) is 65.2 Å². The molecule has 0 spiro atoms. The van der Waals surface area contributed by atoms with E-state index in [9.17, 15) is 19.4 Å². The smallest absolute Gasteiger partial charge is 0.245 e. The molecule has 2 amide bonds. The maximum atomic E-state index is 12.0. The molecule has 0 heterocycles. The van der Waals surface area contributed by atoms with Crippen molar-refractivity contribution in [3.63, 3.8) is 0 Å². The number of rotatable bonds is 17. The number of amides is 2. The number of unbranched alkanes of at least 4 members (excludes halogenated alkanes) is 8. The molecule has 0 fully saturated rings. The fourth-order valence-electron chi connectivity index (χ4n) is 2.63. The average Bonchev–Trinajstić information content (AvgIpc) is 2.64. The summed E-state index contributed by atoms with van der Waals surface area (Å²) in [6.45, 7) is 4.01. The van der Waals surface area contributed by atoms with E-state index in [2.05, 4.69) is 24.4 Å². The minimum absolute atomic E-state index is 0.107. The summed E-state index contributed by atoms with van der Waals surface area (Å²) in [5.41, 5.74) is 0. The van der Waals surface area contributed by atoms with E-state index in [1.165, 1.54) is 0 Å². The molecule has 0 saturated carbocycles. The number of nitrogens with zero attached hydrogens (tertiary/aromatic N) is 4. The van der Waals surface area contributed by atoms with Gasteiger partial charge in [0.25, 0.3) is 0 Å². The number of carbonyl (C=O) groups excluding carboxylic acids is 2. The number of hydrogen-bond acceptors (Lipinski definition) is 6. The van der Waals surface area contributed by atoms with Gasteiger partial charge < -0.3 is 0 Å². The zero-order valence-corrected chi connectivity index (χ0v) is 16.3. The molecule has 150 valence electrons. The Morgan fingerprint density at radius 3 is 1.27 bits per heavy atom. The highest BCUT2D eigenvalue weighted by Gasteiger charge is 2.19. The molecule has 26 heavy (non-hydrogen) atoms. The standard InChI is InChI=1S/C18H34N4O4/c1-3-5-7-9-11-13-17(23)21(19-25)15-16-22(20-26)18(24)14-12-10-8-6-4-2/h3-16H2,1-2H3. The molecule has 0 saturated heterocycles. The van der Waals surface area contributed by atoms with Gasteiger partial charge in [-0.15, -0.1) is 9.81 Å². The molecule has 0 aromatic heterocycles. The predicted molar refractivity (Wildman–Crippen MR) is 102 cm³/mol. The highest BCUT2D eigenvalue weighted by atomic mass is 16.3. The summed E-state index contributed by atoms with van der Waals surface area (Å²) in [5.74, 6) is -0.760. The molecular formula is C18H34N4O4. The summed E-state index contributed by atoms with van der Waals surface area (Å²) in [4.78, 5) is 45.7. The van der Waals surface area contributed by atoms with E-state index >= 15 is 0 Å². The van der Waals surface area contributed by atoms with E-state index in [1.807, 2.05) is 0 Å². The van der Waals surface area contributed by atoms with E-state index < -0.39 is 0 Å². The monoisotopic (exact) mass is 370 g/mol. The van der Waals surface area contributed by atoms with Crippen molar-refractivity contribution in [3.05, 3.63) is 9.81 Å². The first-order valence-corrected chi connectivity index (χ1v) is 9.87. The molecule has 0 bridgehead atoms. The van der Waals surface area contributed by atoms with Gasteiger partial charge >= 0.3 is 0 Å². The van der Waals surface area contributed by atoms with Crippen LogP contribution >= 0.6 is 0 Å². The zero-order chi connectivity index (χ0) is 19.6. The lowest BCUT2D eigenvalue weighted by molar-refractivity contribution is -0.135. The van der Waals surface area contributed by atoms with Gasteiger partial charge in [-0.2, -0.15) is 10.0 Å². The lowest BCUT2D eigenvalue weighted by Gasteiger charge is -2.17. The van der Waals surface area contributed by atoms with Crippen molar-refractivity contribution in [2.45, 2.75) is 90.9 Å². The lowest BCUT2D eigenvalue weighted by atomic mass is 10.1. The summed E-state index contributed by atoms with van der Waals surface area (Å²) in [7, 11) is 0. The van der Waals surface area contributed by atoms with E-state index in [-0.39, 0.29) is 37.7 Å². The third-order valence-corrected chi connectivity index (χ3v) is 4.28. The molecule has 8 nitrogen and oxygen atoms in total. The summed E-state index contributed by atoms with van der Waals surface area (Å²) < 4.78 is 0. The first-order valence-electron chi connectivity index (χ1n) is 9.87. The number of nitroso groups, excluding NO2 is 2. The second kappa shape index (κ2) is 16.6. The van der Waals surface area contributed by atoms with Crippen LogP contribution in [0.5, 0.6) is 0 Å².